The number of fused-ring (bicyclic) bond motifs is 2. The molecule has 5 nitrogen and oxygen atoms in total. The van der Waals surface area contributed by atoms with Crippen molar-refractivity contribution in [3.05, 3.63) is 102 Å². The Hall–Kier alpha value is -3.62. The van der Waals surface area contributed by atoms with Crippen LogP contribution in [0.15, 0.2) is 99.6 Å². The average Bonchev–Trinajstić information content (AvgIpc) is 2.90. The van der Waals surface area contributed by atoms with E-state index in [4.69, 9.17) is 0 Å². The van der Waals surface area contributed by atoms with Gasteiger partial charge in [-0.1, -0.05) is 49.0 Å². The molecule has 1 aliphatic rings. The second-order valence-corrected chi connectivity index (χ2v) is 11.7. The molecule has 1 heterocycles. The Bertz CT molecular complexity index is 1550. The second kappa shape index (κ2) is 9.79. The Labute approximate surface area is 213 Å². The van der Waals surface area contributed by atoms with Gasteiger partial charge in [0.25, 0.3) is 5.91 Å². The number of carbonyl (C=O) groups excluding carboxylic acids is 1. The van der Waals surface area contributed by atoms with Gasteiger partial charge in [-0.15, -0.1) is 0 Å². The van der Waals surface area contributed by atoms with E-state index in [-0.39, 0.29) is 22.4 Å². The van der Waals surface area contributed by atoms with Crippen LogP contribution < -0.4 is 10.6 Å². The van der Waals surface area contributed by atoms with E-state index in [1.54, 1.807) is 61.2 Å². The predicted octanol–water partition coefficient (Wildman–Crippen LogP) is 6.42. The number of nitrogens with one attached hydrogen (secondary N) is 2. The van der Waals surface area contributed by atoms with Gasteiger partial charge in [0.05, 0.1) is 22.0 Å². The number of hydrogen-bond donors (Lipinski definition) is 2. The number of rotatable bonds is 6. The van der Waals surface area contributed by atoms with Crippen molar-refractivity contribution in [3.8, 4) is 11.1 Å². The highest BCUT2D eigenvalue weighted by Crippen LogP contribution is 2.45. The molecule has 182 valence electrons. The molecule has 4 aromatic carbocycles. The third-order valence-corrected chi connectivity index (χ3v) is 8.89. The van der Waals surface area contributed by atoms with Gasteiger partial charge in [-0.3, -0.25) is 4.79 Å². The molecular formula is C28H23FN2O3S2. The zero-order chi connectivity index (χ0) is 25.3. The molecule has 0 aliphatic carbocycles. The molecule has 0 fully saturated rings. The maximum absolute atomic E-state index is 13.3. The first-order chi connectivity index (χ1) is 17.3. The summed E-state index contributed by atoms with van der Waals surface area (Å²) < 4.78 is 37.2. The van der Waals surface area contributed by atoms with E-state index in [2.05, 4.69) is 16.7 Å². The maximum atomic E-state index is 13.3. The summed E-state index contributed by atoms with van der Waals surface area (Å²) in [4.78, 5) is 15.1. The summed E-state index contributed by atoms with van der Waals surface area (Å²) in [5.74, 6) is -0.428. The van der Waals surface area contributed by atoms with Gasteiger partial charge in [0, 0.05) is 21.9 Å². The third kappa shape index (κ3) is 5.01. The zero-order valence-corrected chi connectivity index (χ0v) is 21.0. The normalized spacial score (nSPS) is 12.3. The minimum absolute atomic E-state index is 0.0492. The molecule has 0 aromatic heterocycles. The van der Waals surface area contributed by atoms with Crippen molar-refractivity contribution in [2.75, 3.05) is 11.1 Å². The van der Waals surface area contributed by atoms with Crippen molar-refractivity contribution in [2.24, 2.45) is 0 Å². The fourth-order valence-electron chi connectivity index (χ4n) is 3.92. The standard InChI is InChI=1S/C28H23FN2O3S2/c1-2-36(33,34)23-11-3-18(4-12-23)17-30-28(32)21-8-14-26-25(15-21)31-24-13-7-20(16-27(24)35-26)19-5-9-22(29)10-6-19/h3-16,31H,2,17H2,1H3,(H,30,32). The van der Waals surface area contributed by atoms with Crippen LogP contribution in [0.2, 0.25) is 0 Å². The van der Waals surface area contributed by atoms with Gasteiger partial charge >= 0.3 is 0 Å². The van der Waals surface area contributed by atoms with Crippen LogP contribution in [0, 0.1) is 5.82 Å². The van der Waals surface area contributed by atoms with E-state index in [9.17, 15) is 17.6 Å². The van der Waals surface area contributed by atoms with E-state index in [1.807, 2.05) is 24.3 Å². The summed E-state index contributed by atoms with van der Waals surface area (Å²) >= 11 is 1.61. The maximum Gasteiger partial charge on any atom is 0.251 e. The molecule has 0 saturated carbocycles. The molecular weight excluding hydrogens is 495 g/mol. The number of halogens is 1. The van der Waals surface area contributed by atoms with Crippen LogP contribution in [0.1, 0.15) is 22.8 Å². The molecule has 2 N–H and O–H groups in total. The Morgan fingerprint density at radius 2 is 1.58 bits per heavy atom. The Morgan fingerprint density at radius 1 is 0.861 bits per heavy atom. The molecule has 36 heavy (non-hydrogen) atoms. The first kappa shape index (κ1) is 24.1. The van der Waals surface area contributed by atoms with Crippen LogP contribution in [0.3, 0.4) is 0 Å². The van der Waals surface area contributed by atoms with E-state index in [0.717, 1.165) is 37.9 Å². The molecule has 1 aliphatic heterocycles. The molecule has 0 saturated heterocycles. The number of hydrogen-bond acceptors (Lipinski definition) is 5. The lowest BCUT2D eigenvalue weighted by Gasteiger charge is -2.22. The first-order valence-electron chi connectivity index (χ1n) is 11.4. The monoisotopic (exact) mass is 518 g/mol. The summed E-state index contributed by atoms with van der Waals surface area (Å²) in [6.45, 7) is 1.90. The van der Waals surface area contributed by atoms with Crippen LogP contribution in [0.25, 0.3) is 11.1 Å². The van der Waals surface area contributed by atoms with Crippen molar-refractivity contribution >= 4 is 38.9 Å². The smallest absolute Gasteiger partial charge is 0.251 e. The van der Waals surface area contributed by atoms with Gasteiger partial charge in [0.1, 0.15) is 5.82 Å². The van der Waals surface area contributed by atoms with E-state index >= 15 is 0 Å². The topological polar surface area (TPSA) is 75.3 Å². The van der Waals surface area contributed by atoms with Crippen molar-refractivity contribution in [1.82, 2.24) is 5.32 Å². The highest BCUT2D eigenvalue weighted by atomic mass is 32.2. The highest BCUT2D eigenvalue weighted by Gasteiger charge is 2.18. The van der Waals surface area contributed by atoms with Crippen LogP contribution in [0.5, 0.6) is 0 Å². The van der Waals surface area contributed by atoms with Crippen molar-refractivity contribution < 1.29 is 17.6 Å². The highest BCUT2D eigenvalue weighted by molar-refractivity contribution is 7.99. The quantitative estimate of drug-likeness (QED) is 0.271. The Morgan fingerprint density at radius 3 is 2.31 bits per heavy atom. The lowest BCUT2D eigenvalue weighted by molar-refractivity contribution is 0.0951. The average molecular weight is 519 g/mol. The van der Waals surface area contributed by atoms with Gasteiger partial charge in [0.2, 0.25) is 0 Å². The van der Waals surface area contributed by atoms with Crippen molar-refractivity contribution in [1.29, 1.82) is 0 Å². The van der Waals surface area contributed by atoms with Gasteiger partial charge in [-0.2, -0.15) is 0 Å². The van der Waals surface area contributed by atoms with Crippen LogP contribution in [-0.2, 0) is 16.4 Å². The summed E-state index contributed by atoms with van der Waals surface area (Å²) in [7, 11) is -3.25. The number of amides is 1. The number of anilines is 2. The molecule has 0 unspecified atom stereocenters. The molecule has 1 amide bonds. The minimum atomic E-state index is -3.25. The SMILES string of the molecule is CCS(=O)(=O)c1ccc(CNC(=O)c2ccc3c(c2)Nc2ccc(-c4ccc(F)cc4)cc2S3)cc1. The molecule has 0 radical (unpaired) electrons. The fraction of sp³-hybridized carbons (Fsp3) is 0.107. The largest absolute Gasteiger partial charge is 0.354 e. The zero-order valence-electron chi connectivity index (χ0n) is 19.4. The summed E-state index contributed by atoms with van der Waals surface area (Å²) in [6, 6.07) is 24.6. The van der Waals surface area contributed by atoms with Crippen molar-refractivity contribution in [3.63, 3.8) is 0 Å². The molecule has 8 heteroatoms. The minimum Gasteiger partial charge on any atom is -0.354 e. The van der Waals surface area contributed by atoms with Gasteiger partial charge < -0.3 is 10.6 Å². The van der Waals surface area contributed by atoms with Crippen LogP contribution >= 0.6 is 11.8 Å². The number of benzene rings is 4. The molecule has 0 bridgehead atoms. The number of carbonyl (C=O) groups is 1. The third-order valence-electron chi connectivity index (χ3n) is 6.01. The molecule has 0 atom stereocenters. The fourth-order valence-corrected chi connectivity index (χ4v) is 5.81. The van der Waals surface area contributed by atoms with Gasteiger partial charge in [-0.25, -0.2) is 12.8 Å². The molecule has 0 spiro atoms. The summed E-state index contributed by atoms with van der Waals surface area (Å²) in [6.07, 6.45) is 0. The summed E-state index contributed by atoms with van der Waals surface area (Å²) in [5.41, 5.74) is 5.08. The van der Waals surface area contributed by atoms with E-state index in [1.165, 1.54) is 12.1 Å². The van der Waals surface area contributed by atoms with Crippen molar-refractivity contribution in [2.45, 2.75) is 28.2 Å². The predicted molar refractivity (Wildman–Crippen MR) is 141 cm³/mol. The lowest BCUT2D eigenvalue weighted by Crippen LogP contribution is -2.23. The molecule has 4 aromatic rings. The first-order valence-corrected chi connectivity index (χ1v) is 13.9. The Kier molecular flexibility index (Phi) is 6.55. The Balaban J connectivity index is 1.27. The van der Waals surface area contributed by atoms with E-state index in [0.29, 0.717) is 12.1 Å². The lowest BCUT2D eigenvalue weighted by atomic mass is 10.1. The van der Waals surface area contributed by atoms with E-state index < -0.39 is 9.84 Å². The van der Waals surface area contributed by atoms with Crippen LogP contribution in [0.4, 0.5) is 15.8 Å². The van der Waals surface area contributed by atoms with Gasteiger partial charge in [-0.05, 0) is 71.3 Å². The summed E-state index contributed by atoms with van der Waals surface area (Å²) in [5, 5.41) is 6.30. The second-order valence-electron chi connectivity index (χ2n) is 8.39. The van der Waals surface area contributed by atoms with Crippen LogP contribution in [-0.4, -0.2) is 20.1 Å². The van der Waals surface area contributed by atoms with Gasteiger partial charge in [0.15, 0.2) is 9.84 Å². The molecule has 5 rings (SSSR count). The number of sulfone groups is 1.